The molecule has 254 valence electrons. The molecule has 0 aromatic heterocycles. The Balaban J connectivity index is 1.84. The third-order valence-electron chi connectivity index (χ3n) is 8.23. The van der Waals surface area contributed by atoms with Gasteiger partial charge in [0.25, 0.3) is 0 Å². The average molecular weight is 670 g/mol. The van der Waals surface area contributed by atoms with Crippen LogP contribution in [0.5, 0.6) is 0 Å². The predicted molar refractivity (Wildman–Crippen MR) is 170 cm³/mol. The summed E-state index contributed by atoms with van der Waals surface area (Å²) in [6.07, 6.45) is -2.51. The zero-order valence-corrected chi connectivity index (χ0v) is 27.5. The summed E-state index contributed by atoms with van der Waals surface area (Å²) in [4.78, 5) is 43.5. The molecule has 46 heavy (non-hydrogen) atoms. The number of nitrogens with one attached hydrogen (secondary N) is 1. The third-order valence-corrected chi connectivity index (χ3v) is 8.48. The summed E-state index contributed by atoms with van der Waals surface area (Å²) in [5.41, 5.74) is 6.37. The minimum absolute atomic E-state index is 0.119. The number of carbonyl (C=O) groups excluding carboxylic acids is 3. The number of benzene rings is 2. The maximum absolute atomic E-state index is 14.1. The molecule has 3 amide bonds. The van der Waals surface area contributed by atoms with Crippen molar-refractivity contribution in [3.8, 4) is 0 Å². The van der Waals surface area contributed by atoms with Gasteiger partial charge >= 0.3 is 12.1 Å². The number of hydrogen-bond acceptors (Lipinski definition) is 5. The number of hydrogen-bond donors (Lipinski definition) is 2. The number of amides is 3. The van der Waals surface area contributed by atoms with E-state index in [1.165, 1.54) is 26.0 Å². The summed E-state index contributed by atoms with van der Waals surface area (Å²) in [6.45, 7) is 5.89. The lowest BCUT2D eigenvalue weighted by atomic mass is 9.97. The maximum Gasteiger partial charge on any atom is 0.471 e. The highest BCUT2D eigenvalue weighted by atomic mass is 35.5. The van der Waals surface area contributed by atoms with E-state index in [2.05, 4.69) is 10.2 Å². The predicted octanol–water partition coefficient (Wildman–Crippen LogP) is 4.58. The van der Waals surface area contributed by atoms with E-state index in [0.717, 1.165) is 19.0 Å². The van der Waals surface area contributed by atoms with Crippen LogP contribution in [0.25, 0.3) is 0 Å². The van der Waals surface area contributed by atoms with E-state index in [9.17, 15) is 31.9 Å². The fourth-order valence-electron chi connectivity index (χ4n) is 5.67. The normalized spacial score (nSPS) is 17.3. The summed E-state index contributed by atoms with van der Waals surface area (Å²) in [6, 6.07) is 11.2. The summed E-state index contributed by atoms with van der Waals surface area (Å²) in [7, 11) is 1.15. The first kappa shape index (κ1) is 37.2. The molecule has 3 N–H and O–H groups in total. The highest BCUT2D eigenvalue weighted by Crippen LogP contribution is 2.24. The molecule has 0 saturated carbocycles. The Hall–Kier alpha value is -3.22. The molecule has 13 heteroatoms. The van der Waals surface area contributed by atoms with Gasteiger partial charge in [0.2, 0.25) is 11.8 Å². The number of piperazine rings is 1. The van der Waals surface area contributed by atoms with Gasteiger partial charge in [0.1, 0.15) is 11.9 Å². The zero-order chi connectivity index (χ0) is 34.2. The molecular weight excluding hydrogens is 626 g/mol. The molecule has 2 aromatic carbocycles. The second kappa shape index (κ2) is 16.1. The van der Waals surface area contributed by atoms with Gasteiger partial charge in [0.05, 0.1) is 5.54 Å². The van der Waals surface area contributed by atoms with Gasteiger partial charge in [0, 0.05) is 56.8 Å². The van der Waals surface area contributed by atoms with Crippen LogP contribution in [0.15, 0.2) is 48.5 Å². The van der Waals surface area contributed by atoms with Crippen molar-refractivity contribution >= 4 is 29.3 Å². The molecule has 3 unspecified atom stereocenters. The Morgan fingerprint density at radius 1 is 1.04 bits per heavy atom. The molecule has 1 aliphatic rings. The molecule has 1 heterocycles. The molecule has 3 rings (SSSR count). The Labute approximate surface area is 273 Å². The van der Waals surface area contributed by atoms with Crippen molar-refractivity contribution < 1.29 is 31.9 Å². The van der Waals surface area contributed by atoms with E-state index in [0.29, 0.717) is 47.8 Å². The number of carbonyl (C=O) groups is 3. The molecule has 1 aliphatic heterocycles. The van der Waals surface area contributed by atoms with E-state index in [4.69, 9.17) is 17.3 Å². The molecule has 0 aliphatic carbocycles. The Morgan fingerprint density at radius 2 is 1.65 bits per heavy atom. The van der Waals surface area contributed by atoms with Gasteiger partial charge in [-0.3, -0.25) is 19.3 Å². The van der Waals surface area contributed by atoms with Crippen LogP contribution >= 0.6 is 11.6 Å². The molecule has 2 aromatic rings. The first-order chi connectivity index (χ1) is 21.5. The van der Waals surface area contributed by atoms with Crippen molar-refractivity contribution in [2.24, 2.45) is 5.73 Å². The largest absolute Gasteiger partial charge is 0.471 e. The van der Waals surface area contributed by atoms with Crippen molar-refractivity contribution in [2.45, 2.75) is 82.7 Å². The number of nitrogens with two attached hydrogens (primary N) is 1. The van der Waals surface area contributed by atoms with Crippen molar-refractivity contribution in [3.05, 3.63) is 70.5 Å². The lowest BCUT2D eigenvalue weighted by Crippen LogP contribution is -2.63. The third kappa shape index (κ3) is 10.7. The number of rotatable bonds is 13. The van der Waals surface area contributed by atoms with Gasteiger partial charge in [-0.05, 0) is 68.5 Å². The lowest BCUT2D eigenvalue weighted by Gasteiger charge is -2.46. The summed E-state index contributed by atoms with van der Waals surface area (Å²) in [5.74, 6) is -3.17. The highest BCUT2D eigenvalue weighted by molar-refractivity contribution is 6.30. The smallest absolute Gasteiger partial charge is 0.342 e. The lowest BCUT2D eigenvalue weighted by molar-refractivity contribution is -0.184. The molecular formula is C33H44ClF4N5O3. The molecule has 8 nitrogen and oxygen atoms in total. The van der Waals surface area contributed by atoms with Crippen LogP contribution in [-0.4, -0.2) is 95.5 Å². The molecule has 0 spiro atoms. The van der Waals surface area contributed by atoms with Crippen molar-refractivity contribution in [2.75, 3.05) is 33.2 Å². The fourth-order valence-corrected chi connectivity index (χ4v) is 5.80. The average Bonchev–Trinajstić information content (AvgIpc) is 2.99. The van der Waals surface area contributed by atoms with Gasteiger partial charge in [0.15, 0.2) is 0 Å². The van der Waals surface area contributed by atoms with Crippen LogP contribution in [0.1, 0.15) is 51.2 Å². The van der Waals surface area contributed by atoms with Crippen LogP contribution in [-0.2, 0) is 27.2 Å². The number of likely N-dealkylation sites (N-methyl/N-ethyl adjacent to an activating group) is 1. The van der Waals surface area contributed by atoms with Crippen LogP contribution in [0, 0.1) is 5.82 Å². The fraction of sp³-hybridized carbons (Fsp3) is 0.545. The second-order valence-electron chi connectivity index (χ2n) is 12.5. The molecule has 0 bridgehead atoms. The minimum atomic E-state index is -4.99. The van der Waals surface area contributed by atoms with Crippen LogP contribution in [0.3, 0.4) is 0 Å². The number of alkyl halides is 3. The van der Waals surface area contributed by atoms with Gasteiger partial charge < -0.3 is 20.9 Å². The van der Waals surface area contributed by atoms with E-state index in [-0.39, 0.29) is 31.5 Å². The molecule has 1 saturated heterocycles. The summed E-state index contributed by atoms with van der Waals surface area (Å²) in [5, 5.41) is 3.36. The van der Waals surface area contributed by atoms with Gasteiger partial charge in [-0.15, -0.1) is 0 Å². The quantitative estimate of drug-likeness (QED) is 0.305. The van der Waals surface area contributed by atoms with Crippen LogP contribution in [0.2, 0.25) is 5.02 Å². The monoisotopic (exact) mass is 669 g/mol. The van der Waals surface area contributed by atoms with E-state index in [1.807, 2.05) is 19.1 Å². The van der Waals surface area contributed by atoms with Crippen molar-refractivity contribution in [1.29, 1.82) is 0 Å². The Kier molecular flexibility index (Phi) is 13.0. The number of nitrogens with zero attached hydrogens (tertiary/aromatic N) is 3. The van der Waals surface area contributed by atoms with Gasteiger partial charge in [-0.2, -0.15) is 13.2 Å². The SMILES string of the molecule is CCCC1CN(C(CCc2ccc(Cl)cc2)CN(C)C(=O)C(F)(F)F)CCN1C(=O)C(Cc1ccc(F)cc1)NC(=O)C(C)(C)N. The van der Waals surface area contributed by atoms with Gasteiger partial charge in [-0.25, -0.2) is 4.39 Å². The highest BCUT2D eigenvalue weighted by Gasteiger charge is 2.43. The summed E-state index contributed by atoms with van der Waals surface area (Å²) >= 11 is 6.02. The first-order valence-corrected chi connectivity index (χ1v) is 15.8. The van der Waals surface area contributed by atoms with E-state index >= 15 is 0 Å². The topological polar surface area (TPSA) is 99.0 Å². The number of aryl methyl sites for hydroxylation is 1. The van der Waals surface area contributed by atoms with Gasteiger partial charge in [-0.1, -0.05) is 49.2 Å². The summed E-state index contributed by atoms with van der Waals surface area (Å²) < 4.78 is 53.4. The standard InChI is InChI=1S/C33H44ClF4N5O3/c1-5-6-27-21-42(26(20-41(4)31(46)33(36,37)38)16-11-22-7-12-24(34)13-8-22)17-18-43(27)29(44)28(40-30(45)32(2,3)39)19-23-9-14-25(35)15-10-23/h7-10,12-15,26-28H,5-6,11,16-21,39H2,1-4H3,(H,40,45). The van der Waals surface area contributed by atoms with Crippen molar-refractivity contribution in [3.63, 3.8) is 0 Å². The molecule has 3 atom stereocenters. The zero-order valence-electron chi connectivity index (χ0n) is 26.7. The van der Waals surface area contributed by atoms with E-state index < -0.39 is 41.4 Å². The van der Waals surface area contributed by atoms with Crippen molar-refractivity contribution in [1.82, 2.24) is 20.0 Å². The first-order valence-electron chi connectivity index (χ1n) is 15.4. The second-order valence-corrected chi connectivity index (χ2v) is 13.0. The Bertz CT molecular complexity index is 1320. The van der Waals surface area contributed by atoms with Crippen LogP contribution < -0.4 is 11.1 Å². The van der Waals surface area contributed by atoms with E-state index in [1.54, 1.807) is 29.2 Å². The molecule has 1 fully saturated rings. The van der Waals surface area contributed by atoms with Crippen LogP contribution in [0.4, 0.5) is 17.6 Å². The number of halogens is 5. The Morgan fingerprint density at radius 3 is 2.22 bits per heavy atom. The molecule has 0 radical (unpaired) electrons. The minimum Gasteiger partial charge on any atom is -0.342 e. The maximum atomic E-state index is 14.1.